The standard InChI is InChI=1S/C21H37N3O5/c1-6-28-18(26)21(13-7-8-14-23-15(2)22,16-9-11-17(25)12-10-16)24-19(27)29-20(3,4)5/h16H,6-14H2,1-5H3,(H2,22,23)(H,24,27). The summed E-state index contributed by atoms with van der Waals surface area (Å²) in [6.07, 6.45) is 2.98. The number of rotatable bonds is 9. The summed E-state index contributed by atoms with van der Waals surface area (Å²) in [4.78, 5) is 41.6. The third kappa shape index (κ3) is 8.41. The van der Waals surface area contributed by atoms with E-state index < -0.39 is 23.2 Å². The molecule has 3 N–H and O–H groups in total. The molecule has 0 spiro atoms. The Hall–Kier alpha value is -2.12. The number of ether oxygens (including phenoxy) is 2. The first-order valence-corrected chi connectivity index (χ1v) is 10.5. The Morgan fingerprint density at radius 3 is 2.34 bits per heavy atom. The molecule has 1 saturated carbocycles. The lowest BCUT2D eigenvalue weighted by Gasteiger charge is -2.41. The minimum atomic E-state index is -1.22. The van der Waals surface area contributed by atoms with Gasteiger partial charge in [0.25, 0.3) is 0 Å². The fraction of sp³-hybridized carbons (Fsp3) is 0.810. The fourth-order valence-corrected chi connectivity index (χ4v) is 3.64. The van der Waals surface area contributed by atoms with Gasteiger partial charge in [0.1, 0.15) is 16.9 Å². The highest BCUT2D eigenvalue weighted by Gasteiger charge is 2.49. The number of alkyl carbamates (subject to hydrolysis) is 1. The van der Waals surface area contributed by atoms with Crippen LogP contribution in [0.3, 0.4) is 0 Å². The van der Waals surface area contributed by atoms with E-state index in [1.54, 1.807) is 34.6 Å². The van der Waals surface area contributed by atoms with E-state index in [9.17, 15) is 14.4 Å². The topological polar surface area (TPSA) is 120 Å². The first kappa shape index (κ1) is 24.9. The monoisotopic (exact) mass is 411 g/mol. The van der Waals surface area contributed by atoms with Crippen LogP contribution in [0.25, 0.3) is 0 Å². The summed E-state index contributed by atoms with van der Waals surface area (Å²) < 4.78 is 10.8. The molecule has 1 aliphatic carbocycles. The summed E-state index contributed by atoms with van der Waals surface area (Å²) in [7, 11) is 0. The lowest BCUT2D eigenvalue weighted by Crippen LogP contribution is -2.61. The minimum Gasteiger partial charge on any atom is -0.464 e. The van der Waals surface area contributed by atoms with Gasteiger partial charge in [-0.25, -0.2) is 9.59 Å². The number of nitrogens with two attached hydrogens (primary N) is 1. The van der Waals surface area contributed by atoms with Crippen LogP contribution in [-0.4, -0.2) is 48.0 Å². The molecular weight excluding hydrogens is 374 g/mol. The molecule has 1 fully saturated rings. The van der Waals surface area contributed by atoms with Crippen LogP contribution in [0.1, 0.15) is 79.6 Å². The second-order valence-corrected chi connectivity index (χ2v) is 8.61. The van der Waals surface area contributed by atoms with Crippen molar-refractivity contribution in [2.45, 2.75) is 90.7 Å². The van der Waals surface area contributed by atoms with Crippen LogP contribution in [0.2, 0.25) is 0 Å². The van der Waals surface area contributed by atoms with E-state index >= 15 is 0 Å². The van der Waals surface area contributed by atoms with Crippen molar-refractivity contribution in [2.75, 3.05) is 13.2 Å². The van der Waals surface area contributed by atoms with Crippen LogP contribution in [0.15, 0.2) is 4.99 Å². The second-order valence-electron chi connectivity index (χ2n) is 8.61. The summed E-state index contributed by atoms with van der Waals surface area (Å²) in [6, 6.07) is 0. The SMILES string of the molecule is CCOC(=O)C(CCCCN=C(C)N)(NC(=O)OC(C)(C)C)C1CCC(=O)CC1. The summed E-state index contributed by atoms with van der Waals surface area (Å²) >= 11 is 0. The number of hydrogen-bond donors (Lipinski definition) is 2. The Morgan fingerprint density at radius 1 is 1.21 bits per heavy atom. The van der Waals surface area contributed by atoms with Crippen molar-refractivity contribution >= 4 is 23.7 Å². The van der Waals surface area contributed by atoms with Crippen molar-refractivity contribution in [3.05, 3.63) is 0 Å². The van der Waals surface area contributed by atoms with Gasteiger partial charge in [-0.15, -0.1) is 0 Å². The fourth-order valence-electron chi connectivity index (χ4n) is 3.64. The van der Waals surface area contributed by atoms with E-state index in [0.29, 0.717) is 50.9 Å². The minimum absolute atomic E-state index is 0.184. The van der Waals surface area contributed by atoms with Gasteiger partial charge in [0.05, 0.1) is 12.4 Å². The predicted octanol–water partition coefficient (Wildman–Crippen LogP) is 3.12. The van der Waals surface area contributed by atoms with Crippen molar-refractivity contribution < 1.29 is 23.9 Å². The van der Waals surface area contributed by atoms with E-state index in [2.05, 4.69) is 10.3 Å². The zero-order valence-electron chi connectivity index (χ0n) is 18.5. The molecule has 1 unspecified atom stereocenters. The molecular formula is C21H37N3O5. The van der Waals surface area contributed by atoms with E-state index in [0.717, 1.165) is 6.42 Å². The Labute approximate surface area is 174 Å². The molecule has 8 nitrogen and oxygen atoms in total. The molecule has 1 atom stereocenters. The average molecular weight is 412 g/mol. The molecule has 0 heterocycles. The Balaban J connectivity index is 3.09. The molecule has 29 heavy (non-hydrogen) atoms. The third-order valence-corrected chi connectivity index (χ3v) is 4.94. The molecule has 1 rings (SSSR count). The number of carbonyl (C=O) groups is 3. The van der Waals surface area contributed by atoms with Gasteiger partial charge in [-0.05, 0) is 72.6 Å². The van der Waals surface area contributed by atoms with E-state index in [1.807, 2.05) is 0 Å². The Kier molecular flexibility index (Phi) is 9.59. The number of ketones is 1. The van der Waals surface area contributed by atoms with Gasteiger partial charge in [0.15, 0.2) is 0 Å². The first-order chi connectivity index (χ1) is 13.5. The van der Waals surface area contributed by atoms with Crippen LogP contribution in [0.5, 0.6) is 0 Å². The Morgan fingerprint density at radius 2 is 1.83 bits per heavy atom. The quantitative estimate of drug-likeness (QED) is 0.260. The van der Waals surface area contributed by atoms with Gasteiger partial charge in [0.2, 0.25) is 0 Å². The number of hydrogen-bond acceptors (Lipinski definition) is 6. The normalized spacial score (nSPS) is 18.1. The van der Waals surface area contributed by atoms with Crippen LogP contribution >= 0.6 is 0 Å². The number of carbonyl (C=O) groups excluding carboxylic acids is 3. The molecule has 0 aromatic carbocycles. The summed E-state index contributed by atoms with van der Waals surface area (Å²) in [5.41, 5.74) is 3.66. The van der Waals surface area contributed by atoms with Crippen molar-refractivity contribution in [3.63, 3.8) is 0 Å². The number of unbranched alkanes of at least 4 members (excludes halogenated alkanes) is 1. The number of esters is 1. The van der Waals surface area contributed by atoms with E-state index in [1.165, 1.54) is 0 Å². The highest BCUT2D eigenvalue weighted by Crippen LogP contribution is 2.36. The van der Waals surface area contributed by atoms with Crippen LogP contribution in [0.4, 0.5) is 4.79 Å². The molecule has 8 heteroatoms. The maximum Gasteiger partial charge on any atom is 0.408 e. The zero-order valence-corrected chi connectivity index (χ0v) is 18.5. The van der Waals surface area contributed by atoms with Crippen molar-refractivity contribution in [2.24, 2.45) is 16.6 Å². The number of amidine groups is 1. The van der Waals surface area contributed by atoms with Gasteiger partial charge in [-0.1, -0.05) is 0 Å². The molecule has 0 bridgehead atoms. The van der Waals surface area contributed by atoms with E-state index in [4.69, 9.17) is 15.2 Å². The maximum atomic E-state index is 13.1. The van der Waals surface area contributed by atoms with Crippen molar-refractivity contribution in [1.82, 2.24) is 5.32 Å². The maximum absolute atomic E-state index is 13.1. The Bertz CT molecular complexity index is 598. The summed E-state index contributed by atoms with van der Waals surface area (Å²) in [5.74, 6) is 0.0404. The van der Waals surface area contributed by atoms with E-state index in [-0.39, 0.29) is 18.3 Å². The third-order valence-electron chi connectivity index (χ3n) is 4.94. The molecule has 0 aromatic heterocycles. The van der Waals surface area contributed by atoms with Crippen molar-refractivity contribution in [1.29, 1.82) is 0 Å². The average Bonchev–Trinajstić information content (AvgIpc) is 2.59. The zero-order chi connectivity index (χ0) is 22.1. The molecule has 0 aliphatic heterocycles. The molecule has 1 amide bonds. The molecule has 0 saturated heterocycles. The largest absolute Gasteiger partial charge is 0.464 e. The number of nitrogens with zero attached hydrogens (tertiary/aromatic N) is 1. The van der Waals surface area contributed by atoms with Gasteiger partial charge in [0, 0.05) is 19.4 Å². The highest BCUT2D eigenvalue weighted by molar-refractivity contribution is 5.87. The number of Topliss-reactive ketones (excluding diaryl/α,β-unsaturated/α-hetero) is 1. The molecule has 0 aromatic rings. The second kappa shape index (κ2) is 11.2. The summed E-state index contributed by atoms with van der Waals surface area (Å²) in [5, 5.41) is 2.85. The van der Waals surface area contributed by atoms with Crippen molar-refractivity contribution in [3.8, 4) is 0 Å². The number of nitrogens with one attached hydrogen (secondary N) is 1. The van der Waals surface area contributed by atoms with Gasteiger partial charge >= 0.3 is 12.1 Å². The molecule has 166 valence electrons. The van der Waals surface area contributed by atoms with Gasteiger partial charge in [-0.3, -0.25) is 9.79 Å². The van der Waals surface area contributed by atoms with Gasteiger partial charge in [-0.2, -0.15) is 0 Å². The first-order valence-electron chi connectivity index (χ1n) is 10.5. The number of amides is 1. The highest BCUT2D eigenvalue weighted by atomic mass is 16.6. The van der Waals surface area contributed by atoms with Gasteiger partial charge < -0.3 is 20.5 Å². The predicted molar refractivity (Wildman–Crippen MR) is 112 cm³/mol. The molecule has 1 aliphatic rings. The summed E-state index contributed by atoms with van der Waals surface area (Å²) in [6.45, 7) is 9.53. The smallest absolute Gasteiger partial charge is 0.408 e. The number of aliphatic imine (C=N–C) groups is 1. The van der Waals surface area contributed by atoms with Crippen LogP contribution in [-0.2, 0) is 19.1 Å². The molecule has 0 radical (unpaired) electrons. The van der Waals surface area contributed by atoms with Crippen LogP contribution in [0, 0.1) is 5.92 Å². The lowest BCUT2D eigenvalue weighted by molar-refractivity contribution is -0.155. The lowest BCUT2D eigenvalue weighted by atomic mass is 9.71. The van der Waals surface area contributed by atoms with Crippen LogP contribution < -0.4 is 11.1 Å².